The summed E-state index contributed by atoms with van der Waals surface area (Å²) in [6.07, 6.45) is 0. The molecule has 0 aliphatic carbocycles. The molecule has 0 unspecified atom stereocenters. The van der Waals surface area contributed by atoms with Gasteiger partial charge in [0.15, 0.2) is 0 Å². The van der Waals surface area contributed by atoms with Gasteiger partial charge >= 0.3 is 0 Å². The molecule has 0 bridgehead atoms. The number of para-hydroxylation sites is 2. The first-order valence-corrected chi connectivity index (χ1v) is 8.46. The molecule has 0 spiro atoms. The molecule has 0 saturated heterocycles. The van der Waals surface area contributed by atoms with Gasteiger partial charge in [0, 0.05) is 26.9 Å². The van der Waals surface area contributed by atoms with Gasteiger partial charge in [0.25, 0.3) is 0 Å². The van der Waals surface area contributed by atoms with Crippen LogP contribution in [0.3, 0.4) is 0 Å². The largest absolute Gasteiger partial charge is 0.456 e. The van der Waals surface area contributed by atoms with Crippen LogP contribution in [-0.4, -0.2) is 0 Å². The minimum atomic E-state index is 0.920. The second kappa shape index (κ2) is 4.42. The fourth-order valence-corrected chi connectivity index (χ4v) is 4.09. The zero-order valence-electron chi connectivity index (χ0n) is 13.7. The number of hydrogen-bond acceptors (Lipinski definition) is 2. The lowest BCUT2D eigenvalue weighted by Crippen LogP contribution is -1.81. The van der Waals surface area contributed by atoms with E-state index in [1.165, 1.54) is 21.5 Å². The number of aryl methyl sites for hydroxylation is 1. The molecule has 0 saturated carbocycles. The number of rotatable bonds is 0. The van der Waals surface area contributed by atoms with E-state index in [2.05, 4.69) is 49.4 Å². The van der Waals surface area contributed by atoms with E-state index >= 15 is 0 Å². The van der Waals surface area contributed by atoms with Gasteiger partial charge in [-0.1, -0.05) is 42.5 Å². The average molecular weight is 322 g/mol. The lowest BCUT2D eigenvalue weighted by molar-refractivity contribution is 0.666. The second-order valence-electron chi connectivity index (χ2n) is 6.63. The molecule has 118 valence electrons. The molecule has 6 aromatic rings. The van der Waals surface area contributed by atoms with Crippen molar-refractivity contribution in [2.75, 3.05) is 0 Å². The van der Waals surface area contributed by atoms with Crippen LogP contribution in [0.25, 0.3) is 54.6 Å². The third-order valence-electron chi connectivity index (χ3n) is 5.15. The molecule has 0 amide bonds. The van der Waals surface area contributed by atoms with Crippen molar-refractivity contribution in [3.63, 3.8) is 0 Å². The predicted molar refractivity (Wildman–Crippen MR) is 103 cm³/mol. The number of furan rings is 2. The summed E-state index contributed by atoms with van der Waals surface area (Å²) in [6, 6.07) is 22.9. The molecule has 0 atom stereocenters. The Hall–Kier alpha value is -3.26. The Balaban J connectivity index is 2.04. The third-order valence-corrected chi connectivity index (χ3v) is 5.15. The monoisotopic (exact) mass is 322 g/mol. The summed E-state index contributed by atoms with van der Waals surface area (Å²) < 4.78 is 12.3. The summed E-state index contributed by atoms with van der Waals surface area (Å²) in [7, 11) is 0. The fourth-order valence-electron chi connectivity index (χ4n) is 4.09. The molecular formula is C23H14O2. The van der Waals surface area contributed by atoms with Crippen molar-refractivity contribution in [2.45, 2.75) is 6.92 Å². The molecule has 0 N–H and O–H groups in total. The van der Waals surface area contributed by atoms with Gasteiger partial charge in [-0.25, -0.2) is 0 Å². The Labute approximate surface area is 143 Å². The van der Waals surface area contributed by atoms with E-state index in [9.17, 15) is 0 Å². The summed E-state index contributed by atoms with van der Waals surface area (Å²) in [5, 5.41) is 7.10. The molecule has 6 rings (SSSR count). The van der Waals surface area contributed by atoms with Crippen molar-refractivity contribution in [3.8, 4) is 0 Å². The quantitative estimate of drug-likeness (QED) is 0.302. The Kier molecular flexibility index (Phi) is 2.31. The van der Waals surface area contributed by atoms with Gasteiger partial charge in [0.05, 0.1) is 0 Å². The van der Waals surface area contributed by atoms with Crippen LogP contribution >= 0.6 is 0 Å². The smallest absolute Gasteiger partial charge is 0.138 e. The minimum absolute atomic E-state index is 0.920. The summed E-state index contributed by atoms with van der Waals surface area (Å²) in [6.45, 7) is 2.11. The fraction of sp³-hybridized carbons (Fsp3) is 0.0435. The first-order chi connectivity index (χ1) is 12.3. The SMILES string of the molecule is Cc1cc2ccc3oc4ccccc4c3c2c2c1oc1ccccc12. The number of hydrogen-bond donors (Lipinski definition) is 0. The van der Waals surface area contributed by atoms with E-state index in [-0.39, 0.29) is 0 Å². The van der Waals surface area contributed by atoms with E-state index in [4.69, 9.17) is 8.83 Å². The van der Waals surface area contributed by atoms with E-state index < -0.39 is 0 Å². The van der Waals surface area contributed by atoms with Crippen molar-refractivity contribution >= 4 is 54.6 Å². The van der Waals surface area contributed by atoms with Gasteiger partial charge in [-0.3, -0.25) is 0 Å². The Morgan fingerprint density at radius 2 is 1.28 bits per heavy atom. The lowest BCUT2D eigenvalue weighted by atomic mass is 9.97. The minimum Gasteiger partial charge on any atom is -0.456 e. The van der Waals surface area contributed by atoms with E-state index in [1.807, 2.05) is 24.3 Å². The molecule has 0 aliphatic heterocycles. The molecule has 0 fully saturated rings. The lowest BCUT2D eigenvalue weighted by Gasteiger charge is -2.04. The van der Waals surface area contributed by atoms with E-state index in [0.717, 1.165) is 38.7 Å². The molecule has 2 nitrogen and oxygen atoms in total. The van der Waals surface area contributed by atoms with Gasteiger partial charge in [-0.15, -0.1) is 0 Å². The maximum absolute atomic E-state index is 6.20. The van der Waals surface area contributed by atoms with Crippen molar-refractivity contribution in [1.29, 1.82) is 0 Å². The zero-order valence-corrected chi connectivity index (χ0v) is 13.7. The van der Waals surface area contributed by atoms with Gasteiger partial charge in [-0.05, 0) is 42.1 Å². The highest BCUT2D eigenvalue weighted by molar-refractivity contribution is 6.31. The van der Waals surface area contributed by atoms with Gasteiger partial charge in [-0.2, -0.15) is 0 Å². The highest BCUT2D eigenvalue weighted by atomic mass is 16.3. The summed E-state index contributed by atoms with van der Waals surface area (Å²) in [5.41, 5.74) is 4.89. The highest BCUT2D eigenvalue weighted by Crippen LogP contribution is 2.42. The molecule has 2 heteroatoms. The number of benzene rings is 4. The van der Waals surface area contributed by atoms with Crippen molar-refractivity contribution < 1.29 is 8.83 Å². The molecule has 2 heterocycles. The van der Waals surface area contributed by atoms with Crippen LogP contribution in [0.1, 0.15) is 5.56 Å². The Morgan fingerprint density at radius 3 is 2.08 bits per heavy atom. The van der Waals surface area contributed by atoms with E-state index in [0.29, 0.717) is 0 Å². The predicted octanol–water partition coefficient (Wildman–Crippen LogP) is 6.95. The first-order valence-electron chi connectivity index (χ1n) is 8.46. The Morgan fingerprint density at radius 1 is 0.600 bits per heavy atom. The highest BCUT2D eigenvalue weighted by Gasteiger charge is 2.17. The van der Waals surface area contributed by atoms with Crippen LogP contribution < -0.4 is 0 Å². The summed E-state index contributed by atoms with van der Waals surface area (Å²) in [4.78, 5) is 0. The molecule has 0 aliphatic rings. The molecule has 4 aromatic carbocycles. The molecule has 2 aromatic heterocycles. The van der Waals surface area contributed by atoms with Crippen LogP contribution in [0.5, 0.6) is 0 Å². The zero-order chi connectivity index (χ0) is 16.5. The van der Waals surface area contributed by atoms with Crippen LogP contribution in [-0.2, 0) is 0 Å². The van der Waals surface area contributed by atoms with Gasteiger partial charge in [0.1, 0.15) is 22.3 Å². The van der Waals surface area contributed by atoms with Crippen LogP contribution in [0.2, 0.25) is 0 Å². The average Bonchev–Trinajstić information content (AvgIpc) is 3.20. The van der Waals surface area contributed by atoms with Crippen molar-refractivity contribution in [1.82, 2.24) is 0 Å². The molecule has 0 radical (unpaired) electrons. The van der Waals surface area contributed by atoms with Gasteiger partial charge in [0.2, 0.25) is 0 Å². The van der Waals surface area contributed by atoms with E-state index in [1.54, 1.807) is 0 Å². The van der Waals surface area contributed by atoms with Crippen LogP contribution in [0, 0.1) is 6.92 Å². The molecule has 25 heavy (non-hydrogen) atoms. The van der Waals surface area contributed by atoms with Crippen LogP contribution in [0.4, 0.5) is 0 Å². The maximum atomic E-state index is 6.20. The molecular weight excluding hydrogens is 308 g/mol. The second-order valence-corrected chi connectivity index (χ2v) is 6.63. The Bertz CT molecular complexity index is 1450. The third kappa shape index (κ3) is 1.59. The topological polar surface area (TPSA) is 26.3 Å². The summed E-state index contributed by atoms with van der Waals surface area (Å²) in [5.74, 6) is 0. The van der Waals surface area contributed by atoms with Crippen LogP contribution in [0.15, 0.2) is 75.6 Å². The normalized spacial score (nSPS) is 12.2. The van der Waals surface area contributed by atoms with Crippen molar-refractivity contribution in [3.05, 3.63) is 72.3 Å². The standard InChI is InChI=1S/C23H14O2/c1-13-12-14-10-11-19-21(15-6-2-4-8-17(15)24-19)20(14)22-16-7-3-5-9-18(16)25-23(13)22/h2-12H,1H3. The number of fused-ring (bicyclic) bond motifs is 9. The first kappa shape index (κ1) is 13.1. The van der Waals surface area contributed by atoms with Crippen molar-refractivity contribution in [2.24, 2.45) is 0 Å². The maximum Gasteiger partial charge on any atom is 0.138 e. The summed E-state index contributed by atoms with van der Waals surface area (Å²) >= 11 is 0. The van der Waals surface area contributed by atoms with Gasteiger partial charge < -0.3 is 8.83 Å².